The molecular formula is C16H32N6NiO8-4. The van der Waals surface area contributed by atoms with Gasteiger partial charge in [-0.15, -0.1) is 12.1 Å². The van der Waals surface area contributed by atoms with Crippen LogP contribution in [0.25, 0.3) is 33.6 Å². The number of aliphatic hydroxyl groups is 6. The van der Waals surface area contributed by atoms with E-state index in [9.17, 15) is 20.4 Å². The van der Waals surface area contributed by atoms with E-state index in [-0.39, 0.29) is 42.7 Å². The molecule has 2 fully saturated rings. The standard InChI is InChI=1S/2C8H16N3O4.Ni/c2*9-1-2-11-8-5(10)7(14)6(13)4(3-12)15-8;/h2*4-10,12-14H,1-3H2;/q2*-3;+2. The van der Waals surface area contributed by atoms with Crippen LogP contribution in [0.1, 0.15) is 0 Å². The third-order valence-corrected chi connectivity index (χ3v) is 4.64. The van der Waals surface area contributed by atoms with Crippen molar-refractivity contribution in [1.82, 2.24) is 0 Å². The molecular weight excluding hydrogens is 463 g/mol. The Morgan fingerprint density at radius 3 is 1.23 bits per heavy atom. The minimum absolute atomic E-state index is 0. The fraction of sp³-hybridized carbons (Fsp3) is 1.00. The Balaban J connectivity index is 0.000000562. The minimum atomic E-state index is -1.28. The van der Waals surface area contributed by atoms with Crippen molar-refractivity contribution in [3.8, 4) is 0 Å². The molecule has 2 aliphatic rings. The number of rotatable bonds is 8. The summed E-state index contributed by atoms with van der Waals surface area (Å²) in [6.45, 7) is -0.290. The van der Waals surface area contributed by atoms with Gasteiger partial charge >= 0.3 is 16.5 Å². The third-order valence-electron chi connectivity index (χ3n) is 4.64. The molecule has 0 bridgehead atoms. The zero-order valence-corrected chi connectivity index (χ0v) is 17.7. The molecule has 188 valence electrons. The van der Waals surface area contributed by atoms with Crippen molar-refractivity contribution in [2.24, 2.45) is 0 Å². The Morgan fingerprint density at radius 2 is 0.968 bits per heavy atom. The van der Waals surface area contributed by atoms with Crippen molar-refractivity contribution >= 4 is 0 Å². The van der Waals surface area contributed by atoms with Crippen LogP contribution in [0, 0.1) is 0 Å². The molecule has 2 saturated heterocycles. The molecule has 0 aromatic rings. The Kier molecular flexibility index (Phi) is 15.7. The van der Waals surface area contributed by atoms with E-state index in [0.29, 0.717) is 0 Å². The molecule has 0 aliphatic carbocycles. The van der Waals surface area contributed by atoms with E-state index >= 15 is 0 Å². The molecule has 10 atom stereocenters. The van der Waals surface area contributed by atoms with Gasteiger partial charge in [0.15, 0.2) is 0 Å². The van der Waals surface area contributed by atoms with Gasteiger partial charge in [0.2, 0.25) is 0 Å². The molecule has 31 heavy (non-hydrogen) atoms. The van der Waals surface area contributed by atoms with E-state index < -0.39 is 74.4 Å². The molecule has 0 amide bonds. The first kappa shape index (κ1) is 30.9. The second kappa shape index (κ2) is 15.7. The minimum Gasteiger partial charge on any atom is -0.679 e. The summed E-state index contributed by atoms with van der Waals surface area (Å²) in [5, 5.41) is 63.3. The predicted octanol–water partition coefficient (Wildman–Crippen LogP) is -1.46. The van der Waals surface area contributed by atoms with Crippen LogP contribution < -0.4 is 0 Å². The fourth-order valence-corrected chi connectivity index (χ4v) is 2.89. The Labute approximate surface area is 191 Å². The zero-order valence-electron chi connectivity index (χ0n) is 16.7. The molecule has 14 nitrogen and oxygen atoms in total. The Morgan fingerprint density at radius 1 is 0.645 bits per heavy atom. The number of ether oxygens (including phenoxy) is 2. The molecule has 2 rings (SSSR count). The Hall–Kier alpha value is -0.0665. The average molecular weight is 495 g/mol. The van der Waals surface area contributed by atoms with Gasteiger partial charge in [-0.1, -0.05) is 0 Å². The first-order valence-corrected chi connectivity index (χ1v) is 9.52. The molecule has 2 aliphatic heterocycles. The van der Waals surface area contributed by atoms with Gasteiger partial charge in [-0.25, -0.2) is 0 Å². The normalized spacial score (nSPS) is 40.5. The van der Waals surface area contributed by atoms with Crippen LogP contribution in [-0.4, -0.2) is 131 Å². The van der Waals surface area contributed by atoms with E-state index in [4.69, 9.17) is 42.6 Å². The topological polar surface area (TPSA) is 263 Å². The van der Waals surface area contributed by atoms with Gasteiger partial charge in [0.1, 0.15) is 24.4 Å². The van der Waals surface area contributed by atoms with Gasteiger partial charge in [-0.05, 0) is 12.5 Å². The van der Waals surface area contributed by atoms with E-state index in [1.165, 1.54) is 0 Å². The molecule has 0 radical (unpaired) electrons. The van der Waals surface area contributed by atoms with Gasteiger partial charge in [0.25, 0.3) is 0 Å². The maximum atomic E-state index is 9.48. The summed E-state index contributed by atoms with van der Waals surface area (Å²) in [6, 6.07) is -2.15. The van der Waals surface area contributed by atoms with Crippen molar-refractivity contribution in [3.05, 3.63) is 33.6 Å². The molecule has 0 saturated carbocycles. The zero-order chi connectivity index (χ0) is 22.8. The summed E-state index contributed by atoms with van der Waals surface area (Å²) in [5.41, 5.74) is 28.9. The largest absolute Gasteiger partial charge is 2.00 e. The van der Waals surface area contributed by atoms with Gasteiger partial charge < -0.3 is 73.7 Å². The summed E-state index contributed by atoms with van der Waals surface area (Å²) >= 11 is 0. The van der Waals surface area contributed by atoms with Crippen molar-refractivity contribution in [1.29, 1.82) is 0 Å². The number of nitrogens with zero attached hydrogens (tertiary/aromatic N) is 2. The molecule has 10 N–H and O–H groups in total. The number of aliphatic hydroxyl groups excluding tert-OH is 6. The van der Waals surface area contributed by atoms with Crippen LogP contribution in [0.2, 0.25) is 0 Å². The predicted molar refractivity (Wildman–Crippen MR) is 107 cm³/mol. The quantitative estimate of drug-likeness (QED) is 0.216. The monoisotopic (exact) mass is 494 g/mol. The number of hydrogen-bond donors (Lipinski definition) is 6. The SMILES string of the molecule is [NH-]CC[N-]C1OC(CO)C(O)C(O)C1[NH-].[NH-]CC[N-]C1OC(CO)C(O)C(O)C1[NH-].[Ni+2]. The van der Waals surface area contributed by atoms with Crippen LogP contribution in [-0.2, 0) is 26.0 Å². The second-order valence-electron chi connectivity index (χ2n) is 6.82. The van der Waals surface area contributed by atoms with Gasteiger partial charge in [-0.2, -0.15) is 26.2 Å². The van der Waals surface area contributed by atoms with Gasteiger partial charge in [-0.3, -0.25) is 0 Å². The molecule has 0 spiro atoms. The van der Waals surface area contributed by atoms with Crippen LogP contribution in [0.3, 0.4) is 0 Å². The van der Waals surface area contributed by atoms with Crippen LogP contribution in [0.15, 0.2) is 0 Å². The smallest absolute Gasteiger partial charge is 0.679 e. The maximum absolute atomic E-state index is 9.48. The van der Waals surface area contributed by atoms with Crippen LogP contribution >= 0.6 is 0 Å². The summed E-state index contributed by atoms with van der Waals surface area (Å²) in [5.74, 6) is 0. The van der Waals surface area contributed by atoms with E-state index in [0.717, 1.165) is 0 Å². The van der Waals surface area contributed by atoms with Crippen molar-refractivity contribution in [2.45, 2.75) is 61.2 Å². The molecule has 0 aromatic heterocycles. The van der Waals surface area contributed by atoms with Crippen LogP contribution in [0.4, 0.5) is 0 Å². The average Bonchev–Trinajstić information content (AvgIpc) is 2.75. The first-order chi connectivity index (χ1) is 14.2. The molecule has 0 aromatic carbocycles. The van der Waals surface area contributed by atoms with Crippen molar-refractivity contribution in [2.75, 3.05) is 39.4 Å². The summed E-state index contributed by atoms with van der Waals surface area (Å²) in [4.78, 5) is 0. The first-order valence-electron chi connectivity index (χ1n) is 9.52. The third kappa shape index (κ3) is 8.66. The summed E-state index contributed by atoms with van der Waals surface area (Å²) < 4.78 is 10.3. The van der Waals surface area contributed by atoms with Gasteiger partial charge in [0, 0.05) is 0 Å². The summed E-state index contributed by atoms with van der Waals surface area (Å²) in [7, 11) is 0. The molecule has 15 heteroatoms. The van der Waals surface area contributed by atoms with E-state index in [1.54, 1.807) is 0 Å². The van der Waals surface area contributed by atoms with Crippen molar-refractivity contribution in [3.63, 3.8) is 0 Å². The number of nitrogens with one attached hydrogen (secondary N) is 4. The van der Waals surface area contributed by atoms with Crippen LogP contribution in [0.5, 0.6) is 0 Å². The molecule has 2 heterocycles. The molecule has 10 unspecified atom stereocenters. The Bertz CT molecular complexity index is 432. The maximum Gasteiger partial charge on any atom is 2.00 e. The van der Waals surface area contributed by atoms with Gasteiger partial charge in [0.05, 0.1) is 25.4 Å². The summed E-state index contributed by atoms with van der Waals surface area (Å²) in [6.07, 6.45) is -8.69. The second-order valence-corrected chi connectivity index (χ2v) is 6.82. The van der Waals surface area contributed by atoms with Crippen molar-refractivity contribution < 1.29 is 56.6 Å². The van der Waals surface area contributed by atoms with E-state index in [2.05, 4.69) is 10.6 Å². The number of hydrogen-bond acceptors (Lipinski definition) is 8. The van der Waals surface area contributed by atoms with E-state index in [1.807, 2.05) is 0 Å². The fourth-order valence-electron chi connectivity index (χ4n) is 2.89.